The molecule has 2 aliphatic rings. The Labute approximate surface area is 150 Å². The molecule has 6 nitrogen and oxygen atoms in total. The number of carbonyl (C=O) groups is 1. The topological polar surface area (TPSA) is 66.5 Å². The number of aromatic nitrogens is 1. The van der Waals surface area contributed by atoms with E-state index in [1.54, 1.807) is 0 Å². The Balaban J connectivity index is 1.48. The number of hydrogen-bond acceptors (Lipinski definition) is 4. The second-order valence-electron chi connectivity index (χ2n) is 7.45. The van der Waals surface area contributed by atoms with E-state index in [2.05, 4.69) is 40.4 Å². The summed E-state index contributed by atoms with van der Waals surface area (Å²) in [4.78, 5) is 18.9. The number of hydrogen-bond donors (Lipinski definition) is 2. The molecule has 1 aromatic heterocycles. The van der Waals surface area contributed by atoms with Crippen molar-refractivity contribution >= 4 is 11.8 Å². The van der Waals surface area contributed by atoms with Gasteiger partial charge in [-0.15, -0.1) is 0 Å². The highest BCUT2D eigenvalue weighted by Crippen LogP contribution is 2.28. The zero-order valence-electron chi connectivity index (χ0n) is 15.3. The number of urea groups is 1. The number of ether oxygens (including phenoxy) is 1. The Morgan fingerprint density at radius 2 is 2.12 bits per heavy atom. The van der Waals surface area contributed by atoms with Crippen molar-refractivity contribution in [2.45, 2.75) is 45.7 Å². The van der Waals surface area contributed by atoms with Crippen molar-refractivity contribution in [3.8, 4) is 0 Å². The SMILES string of the molecule is CC1CCC(NC(=O)NCc2ccnc(N3CCOCC3)c2)C(C)C1. The number of morpholine rings is 1. The number of carbonyl (C=O) groups excluding carboxylic acids is 1. The molecule has 1 aromatic rings. The van der Waals surface area contributed by atoms with E-state index in [1.165, 1.54) is 12.8 Å². The van der Waals surface area contributed by atoms with Crippen LogP contribution >= 0.6 is 0 Å². The Bertz CT molecular complexity index is 574. The third kappa shape index (κ3) is 5.08. The van der Waals surface area contributed by atoms with Crippen LogP contribution in [0, 0.1) is 11.8 Å². The molecule has 3 rings (SSSR count). The molecule has 2 amide bonds. The molecule has 2 fully saturated rings. The summed E-state index contributed by atoms with van der Waals surface area (Å²) >= 11 is 0. The van der Waals surface area contributed by atoms with Crippen LogP contribution < -0.4 is 15.5 Å². The smallest absolute Gasteiger partial charge is 0.315 e. The van der Waals surface area contributed by atoms with Gasteiger partial charge in [0.05, 0.1) is 13.2 Å². The van der Waals surface area contributed by atoms with Gasteiger partial charge >= 0.3 is 6.03 Å². The Hall–Kier alpha value is -1.82. The zero-order chi connectivity index (χ0) is 17.6. The molecule has 0 aromatic carbocycles. The highest BCUT2D eigenvalue weighted by Gasteiger charge is 2.26. The number of nitrogens with one attached hydrogen (secondary N) is 2. The molecule has 2 N–H and O–H groups in total. The van der Waals surface area contributed by atoms with Gasteiger partial charge in [0.15, 0.2) is 0 Å². The average molecular weight is 346 g/mol. The number of pyridine rings is 1. The minimum Gasteiger partial charge on any atom is -0.378 e. The van der Waals surface area contributed by atoms with Crippen LogP contribution in [0.25, 0.3) is 0 Å². The number of amides is 2. The van der Waals surface area contributed by atoms with Crippen LogP contribution in [0.3, 0.4) is 0 Å². The van der Waals surface area contributed by atoms with Gasteiger partial charge in [-0.05, 0) is 48.8 Å². The van der Waals surface area contributed by atoms with Crippen LogP contribution in [0.2, 0.25) is 0 Å². The monoisotopic (exact) mass is 346 g/mol. The van der Waals surface area contributed by atoms with Crippen molar-refractivity contribution < 1.29 is 9.53 Å². The average Bonchev–Trinajstić information content (AvgIpc) is 2.63. The molecule has 1 saturated heterocycles. The highest BCUT2D eigenvalue weighted by molar-refractivity contribution is 5.74. The van der Waals surface area contributed by atoms with Crippen molar-refractivity contribution in [3.63, 3.8) is 0 Å². The molecule has 1 saturated carbocycles. The molecule has 0 radical (unpaired) electrons. The quantitative estimate of drug-likeness (QED) is 0.879. The van der Waals surface area contributed by atoms with Crippen LogP contribution in [0.15, 0.2) is 18.3 Å². The lowest BCUT2D eigenvalue weighted by atomic mass is 9.80. The van der Waals surface area contributed by atoms with Crippen LogP contribution in [-0.4, -0.2) is 43.4 Å². The van der Waals surface area contributed by atoms with Gasteiger partial charge in [-0.2, -0.15) is 0 Å². The van der Waals surface area contributed by atoms with E-state index >= 15 is 0 Å². The van der Waals surface area contributed by atoms with Gasteiger partial charge in [0.25, 0.3) is 0 Å². The van der Waals surface area contributed by atoms with Crippen LogP contribution in [0.5, 0.6) is 0 Å². The molecule has 138 valence electrons. The first kappa shape index (κ1) is 18.0. The molecule has 1 aliphatic carbocycles. The standard InChI is InChI=1S/C19H30N4O2/c1-14-3-4-17(15(2)11-14)22-19(24)21-13-16-5-6-20-18(12-16)23-7-9-25-10-8-23/h5-6,12,14-15,17H,3-4,7-11,13H2,1-2H3,(H2,21,22,24). The lowest BCUT2D eigenvalue weighted by molar-refractivity contribution is 0.122. The van der Waals surface area contributed by atoms with Crippen molar-refractivity contribution in [1.29, 1.82) is 0 Å². The third-order valence-corrected chi connectivity index (χ3v) is 5.35. The van der Waals surface area contributed by atoms with E-state index in [9.17, 15) is 4.79 Å². The predicted octanol–water partition coefficient (Wildman–Crippen LogP) is 2.54. The summed E-state index contributed by atoms with van der Waals surface area (Å²) < 4.78 is 5.38. The Morgan fingerprint density at radius 3 is 2.88 bits per heavy atom. The first-order valence-corrected chi connectivity index (χ1v) is 9.44. The summed E-state index contributed by atoms with van der Waals surface area (Å²) in [7, 11) is 0. The van der Waals surface area contributed by atoms with Gasteiger partial charge in [-0.3, -0.25) is 0 Å². The van der Waals surface area contributed by atoms with E-state index in [4.69, 9.17) is 4.74 Å². The minimum atomic E-state index is -0.0730. The molecular formula is C19H30N4O2. The summed E-state index contributed by atoms with van der Waals surface area (Å²) in [5.74, 6) is 2.27. The Kier molecular flexibility index (Phi) is 6.13. The molecule has 0 spiro atoms. The van der Waals surface area contributed by atoms with Gasteiger partial charge in [0.1, 0.15) is 5.82 Å². The lowest BCUT2D eigenvalue weighted by Crippen LogP contribution is -2.46. The van der Waals surface area contributed by atoms with Gasteiger partial charge in [-0.1, -0.05) is 13.8 Å². The van der Waals surface area contributed by atoms with Gasteiger partial charge in [-0.25, -0.2) is 9.78 Å². The Morgan fingerprint density at radius 1 is 1.32 bits per heavy atom. The molecule has 25 heavy (non-hydrogen) atoms. The number of rotatable bonds is 4. The largest absolute Gasteiger partial charge is 0.378 e. The van der Waals surface area contributed by atoms with Crippen molar-refractivity contribution in [2.75, 3.05) is 31.2 Å². The first-order valence-electron chi connectivity index (χ1n) is 9.44. The summed E-state index contributed by atoms with van der Waals surface area (Å²) in [6.07, 6.45) is 5.28. The summed E-state index contributed by atoms with van der Waals surface area (Å²) in [5, 5.41) is 6.13. The maximum absolute atomic E-state index is 12.2. The second kappa shape index (κ2) is 8.52. The van der Waals surface area contributed by atoms with Gasteiger partial charge < -0.3 is 20.3 Å². The fourth-order valence-electron chi connectivity index (χ4n) is 3.82. The third-order valence-electron chi connectivity index (χ3n) is 5.35. The van der Waals surface area contributed by atoms with E-state index in [-0.39, 0.29) is 12.1 Å². The van der Waals surface area contributed by atoms with Crippen LogP contribution in [0.4, 0.5) is 10.6 Å². The van der Waals surface area contributed by atoms with E-state index < -0.39 is 0 Å². The fourth-order valence-corrected chi connectivity index (χ4v) is 3.82. The van der Waals surface area contributed by atoms with Crippen LogP contribution in [0.1, 0.15) is 38.7 Å². The second-order valence-corrected chi connectivity index (χ2v) is 7.45. The molecule has 3 atom stereocenters. The predicted molar refractivity (Wildman–Crippen MR) is 98.6 cm³/mol. The van der Waals surface area contributed by atoms with Crippen LogP contribution in [-0.2, 0) is 11.3 Å². The van der Waals surface area contributed by atoms with Crippen molar-refractivity contribution in [3.05, 3.63) is 23.9 Å². The molecule has 6 heteroatoms. The molecule has 2 heterocycles. The molecule has 1 aliphatic heterocycles. The number of anilines is 1. The summed E-state index contributed by atoms with van der Waals surface area (Å²) in [6.45, 7) is 8.25. The van der Waals surface area contributed by atoms with Gasteiger partial charge in [0.2, 0.25) is 0 Å². The minimum absolute atomic E-state index is 0.0730. The maximum atomic E-state index is 12.2. The first-order chi connectivity index (χ1) is 12.1. The lowest BCUT2D eigenvalue weighted by Gasteiger charge is -2.33. The summed E-state index contributed by atoms with van der Waals surface area (Å²) in [6, 6.07) is 4.22. The molecular weight excluding hydrogens is 316 g/mol. The zero-order valence-corrected chi connectivity index (χ0v) is 15.3. The number of nitrogens with zero attached hydrogens (tertiary/aromatic N) is 2. The molecule has 0 bridgehead atoms. The van der Waals surface area contributed by atoms with Crippen molar-refractivity contribution in [1.82, 2.24) is 15.6 Å². The normalized spacial score (nSPS) is 27.0. The van der Waals surface area contributed by atoms with E-state index in [0.717, 1.165) is 50.0 Å². The molecule has 3 unspecified atom stereocenters. The maximum Gasteiger partial charge on any atom is 0.315 e. The van der Waals surface area contributed by atoms with Crippen molar-refractivity contribution in [2.24, 2.45) is 11.8 Å². The van der Waals surface area contributed by atoms with Gasteiger partial charge in [0, 0.05) is 31.9 Å². The highest BCUT2D eigenvalue weighted by atomic mass is 16.5. The summed E-state index contributed by atoms with van der Waals surface area (Å²) in [5.41, 5.74) is 1.07. The van der Waals surface area contributed by atoms with E-state index in [0.29, 0.717) is 12.5 Å². The van der Waals surface area contributed by atoms with E-state index in [1.807, 2.05) is 12.3 Å². The fraction of sp³-hybridized carbons (Fsp3) is 0.684.